The van der Waals surface area contributed by atoms with Crippen molar-refractivity contribution in [1.82, 2.24) is 10.3 Å². The average Bonchev–Trinajstić information content (AvgIpc) is 2.79. The predicted octanol–water partition coefficient (Wildman–Crippen LogP) is 4.59. The van der Waals surface area contributed by atoms with E-state index >= 15 is 0 Å². The molecule has 0 spiro atoms. The van der Waals surface area contributed by atoms with Crippen molar-refractivity contribution in [3.8, 4) is 0 Å². The zero-order valence-electron chi connectivity index (χ0n) is 19.6. The van der Waals surface area contributed by atoms with Crippen LogP contribution in [0, 0.1) is 5.92 Å². The van der Waals surface area contributed by atoms with Crippen LogP contribution in [0.25, 0.3) is 0 Å². The van der Waals surface area contributed by atoms with Crippen LogP contribution in [0.5, 0.6) is 0 Å². The van der Waals surface area contributed by atoms with Gasteiger partial charge in [-0.05, 0) is 94.6 Å². The van der Waals surface area contributed by atoms with E-state index in [0.717, 1.165) is 57.8 Å². The number of carboxylic acids is 1. The third-order valence-corrected chi connectivity index (χ3v) is 7.41. The Labute approximate surface area is 196 Å². The number of amides is 1. The summed E-state index contributed by atoms with van der Waals surface area (Å²) >= 11 is 0. The van der Waals surface area contributed by atoms with E-state index < -0.39 is 18.1 Å². The number of ether oxygens (including phenoxy) is 2. The van der Waals surface area contributed by atoms with Gasteiger partial charge in [0.25, 0.3) is 0 Å². The van der Waals surface area contributed by atoms with E-state index in [-0.39, 0.29) is 18.6 Å². The van der Waals surface area contributed by atoms with Crippen LogP contribution in [0.1, 0.15) is 87.6 Å². The average molecular weight is 459 g/mol. The van der Waals surface area contributed by atoms with E-state index in [1.807, 2.05) is 0 Å². The molecule has 2 N–H and O–H groups in total. The highest BCUT2D eigenvalue weighted by atomic mass is 16.6. The molecule has 1 aromatic heterocycles. The number of aryl methyl sites for hydroxylation is 3. The van der Waals surface area contributed by atoms with Gasteiger partial charge in [-0.1, -0.05) is 12.5 Å². The molecule has 0 bridgehead atoms. The molecule has 4 rings (SSSR count). The number of rotatable bonds is 10. The van der Waals surface area contributed by atoms with Crippen molar-refractivity contribution in [2.45, 2.75) is 108 Å². The summed E-state index contributed by atoms with van der Waals surface area (Å²) in [5.74, 6) is -0.407. The van der Waals surface area contributed by atoms with Crippen LogP contribution < -0.4 is 5.32 Å². The maximum absolute atomic E-state index is 12.1. The van der Waals surface area contributed by atoms with Crippen LogP contribution in [0.4, 0.5) is 4.79 Å². The van der Waals surface area contributed by atoms with E-state index in [4.69, 9.17) is 14.5 Å². The van der Waals surface area contributed by atoms with Crippen molar-refractivity contribution in [3.05, 3.63) is 29.1 Å². The molecule has 7 heteroatoms. The number of hydrogen-bond acceptors (Lipinski definition) is 5. The van der Waals surface area contributed by atoms with Crippen molar-refractivity contribution < 1.29 is 24.2 Å². The van der Waals surface area contributed by atoms with Gasteiger partial charge in [0.1, 0.15) is 12.1 Å². The summed E-state index contributed by atoms with van der Waals surface area (Å²) < 4.78 is 11.3. The molecule has 182 valence electrons. The van der Waals surface area contributed by atoms with Crippen molar-refractivity contribution in [2.24, 2.45) is 5.92 Å². The first-order valence-electron chi connectivity index (χ1n) is 12.9. The zero-order valence-corrected chi connectivity index (χ0v) is 19.6. The SMILES string of the molecule is O=C(NC(CCOC1CC(CCc2ccc3c(n2)CCCC3)C1)C(=O)O)OC1CCCCC1. The van der Waals surface area contributed by atoms with E-state index in [1.54, 1.807) is 0 Å². The Hall–Kier alpha value is -2.15. The number of carboxylic acid groups (broad SMARTS) is 1. The first-order chi connectivity index (χ1) is 16.1. The lowest BCUT2D eigenvalue weighted by molar-refractivity contribution is -0.140. The fourth-order valence-electron chi connectivity index (χ4n) is 5.29. The van der Waals surface area contributed by atoms with Crippen LogP contribution in [0.15, 0.2) is 12.1 Å². The van der Waals surface area contributed by atoms with Crippen LogP contribution in [-0.2, 0) is 33.5 Å². The minimum Gasteiger partial charge on any atom is -0.480 e. The van der Waals surface area contributed by atoms with Gasteiger partial charge in [0.2, 0.25) is 0 Å². The third-order valence-electron chi connectivity index (χ3n) is 7.41. The fourth-order valence-corrected chi connectivity index (χ4v) is 5.29. The number of aliphatic carboxylic acids is 1. The largest absolute Gasteiger partial charge is 0.480 e. The molecule has 1 heterocycles. The normalized spacial score (nSPS) is 23.8. The first kappa shape index (κ1) is 24.0. The molecule has 33 heavy (non-hydrogen) atoms. The smallest absolute Gasteiger partial charge is 0.408 e. The van der Waals surface area contributed by atoms with Crippen LogP contribution in [0.2, 0.25) is 0 Å². The molecule has 3 aliphatic rings. The number of carbonyl (C=O) groups is 2. The lowest BCUT2D eigenvalue weighted by Crippen LogP contribution is -2.43. The number of alkyl carbamates (subject to hydrolysis) is 1. The van der Waals surface area contributed by atoms with Gasteiger partial charge in [-0.15, -0.1) is 0 Å². The van der Waals surface area contributed by atoms with Gasteiger partial charge in [0, 0.05) is 24.4 Å². The maximum atomic E-state index is 12.1. The summed E-state index contributed by atoms with van der Waals surface area (Å²) in [4.78, 5) is 28.5. The molecule has 7 nitrogen and oxygen atoms in total. The van der Waals surface area contributed by atoms with Crippen molar-refractivity contribution in [2.75, 3.05) is 6.61 Å². The molecule has 3 aliphatic carbocycles. The molecule has 0 radical (unpaired) electrons. The van der Waals surface area contributed by atoms with Crippen molar-refractivity contribution in [1.29, 1.82) is 0 Å². The van der Waals surface area contributed by atoms with Gasteiger partial charge in [0.05, 0.1) is 6.10 Å². The Morgan fingerprint density at radius 2 is 1.85 bits per heavy atom. The van der Waals surface area contributed by atoms with Gasteiger partial charge in [-0.2, -0.15) is 0 Å². The Kier molecular flexibility index (Phi) is 8.59. The summed E-state index contributed by atoms with van der Waals surface area (Å²) in [5, 5.41) is 11.9. The molecule has 0 saturated heterocycles. The second-order valence-electron chi connectivity index (χ2n) is 9.97. The monoisotopic (exact) mass is 458 g/mol. The Morgan fingerprint density at radius 1 is 1.06 bits per heavy atom. The number of fused-ring (bicyclic) bond motifs is 1. The summed E-state index contributed by atoms with van der Waals surface area (Å²) in [6.45, 7) is 0.324. The lowest BCUT2D eigenvalue weighted by Gasteiger charge is -2.35. The Bertz CT molecular complexity index is 802. The zero-order chi connectivity index (χ0) is 23.0. The first-order valence-corrected chi connectivity index (χ1v) is 12.9. The third kappa shape index (κ3) is 7.16. The summed E-state index contributed by atoms with van der Waals surface area (Å²) in [6, 6.07) is 3.48. The highest BCUT2D eigenvalue weighted by Crippen LogP contribution is 2.34. The van der Waals surface area contributed by atoms with Crippen molar-refractivity contribution >= 4 is 12.1 Å². The quantitative estimate of drug-likeness (QED) is 0.532. The maximum Gasteiger partial charge on any atom is 0.408 e. The number of pyridine rings is 1. The second kappa shape index (κ2) is 11.8. The van der Waals surface area contributed by atoms with Gasteiger partial charge in [0.15, 0.2) is 0 Å². The van der Waals surface area contributed by atoms with Crippen LogP contribution in [-0.4, -0.2) is 47.0 Å². The number of aromatic nitrogens is 1. The molecule has 1 unspecified atom stereocenters. The molecular weight excluding hydrogens is 420 g/mol. The Balaban J connectivity index is 1.10. The van der Waals surface area contributed by atoms with E-state index in [2.05, 4.69) is 17.4 Å². The van der Waals surface area contributed by atoms with E-state index in [1.165, 1.54) is 42.6 Å². The molecular formula is C26H38N2O5. The lowest BCUT2D eigenvalue weighted by atomic mass is 9.79. The van der Waals surface area contributed by atoms with Gasteiger partial charge in [-0.25, -0.2) is 9.59 Å². The number of hydrogen-bond donors (Lipinski definition) is 2. The van der Waals surface area contributed by atoms with Crippen LogP contribution >= 0.6 is 0 Å². The fraction of sp³-hybridized carbons (Fsp3) is 0.731. The highest BCUT2D eigenvalue weighted by Gasteiger charge is 2.30. The number of nitrogens with zero attached hydrogens (tertiary/aromatic N) is 1. The molecule has 2 fully saturated rings. The molecule has 1 aromatic rings. The molecule has 2 saturated carbocycles. The highest BCUT2D eigenvalue weighted by molar-refractivity contribution is 5.79. The topological polar surface area (TPSA) is 97.8 Å². The van der Waals surface area contributed by atoms with Crippen LogP contribution in [0.3, 0.4) is 0 Å². The van der Waals surface area contributed by atoms with Gasteiger partial charge < -0.3 is 19.9 Å². The summed E-state index contributed by atoms with van der Waals surface area (Å²) in [6.07, 6.45) is 13.7. The Morgan fingerprint density at radius 3 is 2.64 bits per heavy atom. The molecule has 1 amide bonds. The van der Waals surface area contributed by atoms with E-state index in [0.29, 0.717) is 12.5 Å². The minimum atomic E-state index is -1.05. The molecule has 1 atom stereocenters. The molecule has 0 aromatic carbocycles. The standard InChI is InChI=1S/C26H38N2O5/c29-25(30)24(28-26(31)33-21-7-2-1-3-8-21)14-15-32-22-16-18(17-22)10-12-20-13-11-19-6-4-5-9-23(19)27-20/h11,13,18,21-22,24H,1-10,12,14-17H2,(H,28,31)(H,29,30). The van der Waals surface area contributed by atoms with E-state index in [9.17, 15) is 14.7 Å². The van der Waals surface area contributed by atoms with Gasteiger partial charge in [-0.3, -0.25) is 4.98 Å². The number of nitrogens with one attached hydrogen (secondary N) is 1. The van der Waals surface area contributed by atoms with Crippen molar-refractivity contribution in [3.63, 3.8) is 0 Å². The minimum absolute atomic E-state index is 0.0899. The summed E-state index contributed by atoms with van der Waals surface area (Å²) in [5.41, 5.74) is 3.94. The van der Waals surface area contributed by atoms with Gasteiger partial charge >= 0.3 is 12.1 Å². The molecule has 0 aliphatic heterocycles. The summed E-state index contributed by atoms with van der Waals surface area (Å²) in [7, 11) is 0. The number of carbonyl (C=O) groups excluding carboxylic acids is 1. The predicted molar refractivity (Wildman–Crippen MR) is 124 cm³/mol. The second-order valence-corrected chi connectivity index (χ2v) is 9.97.